The lowest BCUT2D eigenvalue weighted by Crippen LogP contribution is -2.32. The molecule has 0 bridgehead atoms. The third-order valence-electron chi connectivity index (χ3n) is 3.75. The van der Waals surface area contributed by atoms with Gasteiger partial charge >= 0.3 is 0 Å². The van der Waals surface area contributed by atoms with E-state index in [2.05, 4.69) is 4.72 Å². The first-order valence-electron chi connectivity index (χ1n) is 7.35. The number of carbonyl (C=O) groups is 1. The molecule has 21 heavy (non-hydrogen) atoms. The number of sulfonamides is 1. The lowest BCUT2D eigenvalue weighted by molar-refractivity contribution is 0.0792. The van der Waals surface area contributed by atoms with Crippen molar-refractivity contribution < 1.29 is 13.2 Å². The molecule has 1 N–H and O–H groups in total. The van der Waals surface area contributed by atoms with Crippen molar-refractivity contribution in [1.82, 2.24) is 9.62 Å². The van der Waals surface area contributed by atoms with Crippen LogP contribution in [0.3, 0.4) is 0 Å². The van der Waals surface area contributed by atoms with E-state index < -0.39 is 10.0 Å². The number of amides is 1. The Bertz CT molecular complexity index is 607. The zero-order valence-electron chi connectivity index (χ0n) is 12.5. The summed E-state index contributed by atoms with van der Waals surface area (Å²) in [5.74, 6) is -0.0897. The smallest absolute Gasteiger partial charge is 0.253 e. The van der Waals surface area contributed by atoms with Gasteiger partial charge in [0.2, 0.25) is 10.0 Å². The van der Waals surface area contributed by atoms with Gasteiger partial charge in [-0.15, -0.1) is 0 Å². The fourth-order valence-electron chi connectivity index (χ4n) is 2.32. The van der Waals surface area contributed by atoms with Crippen molar-refractivity contribution in [2.45, 2.75) is 44.0 Å². The van der Waals surface area contributed by atoms with E-state index in [0.717, 1.165) is 25.9 Å². The van der Waals surface area contributed by atoms with Crippen LogP contribution in [0.15, 0.2) is 29.2 Å². The third kappa shape index (κ3) is 3.83. The molecule has 0 saturated carbocycles. The molecule has 1 fully saturated rings. The van der Waals surface area contributed by atoms with Crippen LogP contribution in [0, 0.1) is 0 Å². The SMILES string of the molecule is CCC(C)NS(=O)(=O)c1cccc(C(=O)N2CCCC2)c1. The van der Waals surface area contributed by atoms with Crippen molar-refractivity contribution >= 4 is 15.9 Å². The van der Waals surface area contributed by atoms with Gasteiger partial charge in [-0.05, 0) is 44.4 Å². The molecule has 1 saturated heterocycles. The molecule has 5 nitrogen and oxygen atoms in total. The summed E-state index contributed by atoms with van der Waals surface area (Å²) in [5.41, 5.74) is 0.434. The molecule has 0 aromatic heterocycles. The Morgan fingerprint density at radius 1 is 1.33 bits per heavy atom. The summed E-state index contributed by atoms with van der Waals surface area (Å²) in [6.07, 6.45) is 2.74. The van der Waals surface area contributed by atoms with Gasteiger partial charge in [-0.2, -0.15) is 0 Å². The summed E-state index contributed by atoms with van der Waals surface area (Å²) in [5, 5.41) is 0. The van der Waals surface area contributed by atoms with Gasteiger partial charge in [0.05, 0.1) is 4.90 Å². The molecule has 6 heteroatoms. The van der Waals surface area contributed by atoms with Crippen molar-refractivity contribution in [2.75, 3.05) is 13.1 Å². The Balaban J connectivity index is 2.22. The van der Waals surface area contributed by atoms with Gasteiger partial charge in [0.25, 0.3) is 5.91 Å². The van der Waals surface area contributed by atoms with Crippen LogP contribution in [0.25, 0.3) is 0 Å². The van der Waals surface area contributed by atoms with Crippen molar-refractivity contribution in [3.63, 3.8) is 0 Å². The van der Waals surface area contributed by atoms with Gasteiger partial charge in [0.1, 0.15) is 0 Å². The Labute approximate surface area is 126 Å². The summed E-state index contributed by atoms with van der Waals surface area (Å²) < 4.78 is 27.1. The van der Waals surface area contributed by atoms with E-state index in [1.54, 1.807) is 17.0 Å². The van der Waals surface area contributed by atoms with E-state index in [9.17, 15) is 13.2 Å². The summed E-state index contributed by atoms with van der Waals surface area (Å²) in [7, 11) is -3.57. The topological polar surface area (TPSA) is 66.5 Å². The number of rotatable bonds is 5. The summed E-state index contributed by atoms with van der Waals surface area (Å²) in [4.78, 5) is 14.2. The molecule has 2 rings (SSSR count). The van der Waals surface area contributed by atoms with Crippen LogP contribution in [-0.4, -0.2) is 38.4 Å². The maximum Gasteiger partial charge on any atom is 0.253 e. The molecular weight excluding hydrogens is 288 g/mol. The van der Waals surface area contributed by atoms with E-state index in [0.29, 0.717) is 12.0 Å². The van der Waals surface area contributed by atoms with Gasteiger partial charge in [-0.1, -0.05) is 13.0 Å². The molecule has 1 unspecified atom stereocenters. The first-order chi connectivity index (χ1) is 9.94. The van der Waals surface area contributed by atoms with Crippen molar-refractivity contribution in [3.05, 3.63) is 29.8 Å². The molecule has 1 atom stereocenters. The van der Waals surface area contributed by atoms with Crippen molar-refractivity contribution in [1.29, 1.82) is 0 Å². The fourth-order valence-corrected chi connectivity index (χ4v) is 3.69. The molecule has 0 aliphatic carbocycles. The Kier molecular flexibility index (Phi) is 5.00. The maximum absolute atomic E-state index is 12.3. The average molecular weight is 310 g/mol. The van der Waals surface area contributed by atoms with Crippen LogP contribution in [-0.2, 0) is 10.0 Å². The highest BCUT2D eigenvalue weighted by Crippen LogP contribution is 2.17. The third-order valence-corrected chi connectivity index (χ3v) is 5.34. The van der Waals surface area contributed by atoms with E-state index in [-0.39, 0.29) is 16.8 Å². The highest BCUT2D eigenvalue weighted by atomic mass is 32.2. The number of carbonyl (C=O) groups excluding carboxylic acids is 1. The highest BCUT2D eigenvalue weighted by Gasteiger charge is 2.22. The molecule has 1 heterocycles. The Morgan fingerprint density at radius 2 is 2.00 bits per heavy atom. The number of nitrogens with zero attached hydrogens (tertiary/aromatic N) is 1. The van der Waals surface area contributed by atoms with E-state index in [1.807, 2.05) is 13.8 Å². The molecular formula is C15H22N2O3S. The summed E-state index contributed by atoms with van der Waals surface area (Å²) >= 11 is 0. The van der Waals surface area contributed by atoms with Gasteiger partial charge in [-0.3, -0.25) is 4.79 Å². The minimum atomic E-state index is -3.57. The van der Waals surface area contributed by atoms with Gasteiger partial charge in [0.15, 0.2) is 0 Å². The quantitative estimate of drug-likeness (QED) is 0.904. The van der Waals surface area contributed by atoms with Crippen LogP contribution < -0.4 is 4.72 Å². The largest absolute Gasteiger partial charge is 0.339 e. The van der Waals surface area contributed by atoms with Crippen LogP contribution in [0.2, 0.25) is 0 Å². The van der Waals surface area contributed by atoms with E-state index >= 15 is 0 Å². The first-order valence-corrected chi connectivity index (χ1v) is 8.84. The van der Waals surface area contributed by atoms with E-state index in [1.165, 1.54) is 12.1 Å². The lowest BCUT2D eigenvalue weighted by Gasteiger charge is -2.16. The zero-order valence-corrected chi connectivity index (χ0v) is 13.3. The molecule has 1 amide bonds. The van der Waals surface area contributed by atoms with E-state index in [4.69, 9.17) is 0 Å². The predicted molar refractivity (Wildman–Crippen MR) is 81.7 cm³/mol. The predicted octanol–water partition coefficient (Wildman–Crippen LogP) is 2.00. The van der Waals surface area contributed by atoms with Gasteiger partial charge < -0.3 is 4.90 Å². The molecule has 1 aromatic carbocycles. The lowest BCUT2D eigenvalue weighted by atomic mass is 10.2. The molecule has 0 spiro atoms. The second-order valence-electron chi connectivity index (χ2n) is 5.46. The van der Waals surface area contributed by atoms with Crippen LogP contribution in [0.5, 0.6) is 0 Å². The highest BCUT2D eigenvalue weighted by molar-refractivity contribution is 7.89. The number of hydrogen-bond acceptors (Lipinski definition) is 3. The standard InChI is InChI=1S/C15H22N2O3S/c1-3-12(2)16-21(19,20)14-8-6-7-13(11-14)15(18)17-9-4-5-10-17/h6-8,11-12,16H,3-5,9-10H2,1-2H3. The van der Waals surface area contributed by atoms with Gasteiger partial charge in [0, 0.05) is 24.7 Å². The average Bonchev–Trinajstić information content (AvgIpc) is 3.00. The molecule has 1 aliphatic heterocycles. The molecule has 1 aromatic rings. The normalized spacial score (nSPS) is 17.0. The van der Waals surface area contributed by atoms with Gasteiger partial charge in [-0.25, -0.2) is 13.1 Å². The number of hydrogen-bond donors (Lipinski definition) is 1. The number of benzene rings is 1. The molecule has 1 aliphatic rings. The van der Waals surface area contributed by atoms with Crippen LogP contribution in [0.4, 0.5) is 0 Å². The first kappa shape index (κ1) is 16.0. The van der Waals surface area contributed by atoms with Crippen molar-refractivity contribution in [2.24, 2.45) is 0 Å². The minimum Gasteiger partial charge on any atom is -0.339 e. The second kappa shape index (κ2) is 6.58. The fraction of sp³-hybridized carbons (Fsp3) is 0.533. The number of likely N-dealkylation sites (tertiary alicyclic amines) is 1. The van der Waals surface area contributed by atoms with Crippen molar-refractivity contribution in [3.8, 4) is 0 Å². The molecule has 0 radical (unpaired) electrons. The van der Waals surface area contributed by atoms with Crippen LogP contribution in [0.1, 0.15) is 43.5 Å². The summed E-state index contributed by atoms with van der Waals surface area (Å²) in [6.45, 7) is 5.24. The number of nitrogens with one attached hydrogen (secondary N) is 1. The monoisotopic (exact) mass is 310 g/mol. The van der Waals surface area contributed by atoms with Crippen LogP contribution >= 0.6 is 0 Å². The Morgan fingerprint density at radius 3 is 2.62 bits per heavy atom. The summed E-state index contributed by atoms with van der Waals surface area (Å²) in [6, 6.07) is 6.14. The minimum absolute atomic E-state index is 0.0897. The maximum atomic E-state index is 12.3. The zero-order chi connectivity index (χ0) is 15.5. The second-order valence-corrected chi connectivity index (χ2v) is 7.17. The molecule has 116 valence electrons. The Hall–Kier alpha value is -1.40.